The maximum atomic E-state index is 13.6. The van der Waals surface area contributed by atoms with Crippen LogP contribution in [-0.2, 0) is 0 Å². The predicted octanol–water partition coefficient (Wildman–Crippen LogP) is 3.02. The summed E-state index contributed by atoms with van der Waals surface area (Å²) in [6.07, 6.45) is 0. The van der Waals surface area contributed by atoms with E-state index in [4.69, 9.17) is 5.73 Å². The van der Waals surface area contributed by atoms with Crippen molar-refractivity contribution in [3.8, 4) is 0 Å². The second-order valence-corrected chi connectivity index (χ2v) is 5.27. The Hall–Kier alpha value is -1.72. The Morgan fingerprint density at radius 2 is 1.95 bits per heavy atom. The fourth-order valence-electron chi connectivity index (χ4n) is 1.79. The molecule has 1 unspecified atom stereocenters. The number of amides is 1. The van der Waals surface area contributed by atoms with Crippen molar-refractivity contribution < 1.29 is 9.18 Å². The van der Waals surface area contributed by atoms with Gasteiger partial charge in [0.15, 0.2) is 0 Å². The molecule has 0 aliphatic heterocycles. The summed E-state index contributed by atoms with van der Waals surface area (Å²) >= 11 is 3.15. The molecule has 0 saturated heterocycles. The predicted molar refractivity (Wildman–Crippen MR) is 79.8 cm³/mol. The third-order valence-electron chi connectivity index (χ3n) is 2.89. The van der Waals surface area contributed by atoms with Gasteiger partial charge >= 0.3 is 0 Å². The summed E-state index contributed by atoms with van der Waals surface area (Å²) in [5.74, 6) is -1.04. The molecule has 0 saturated carbocycles. The number of halogens is 2. The average Bonchev–Trinajstić information content (AvgIpc) is 2.45. The second kappa shape index (κ2) is 6.63. The summed E-state index contributed by atoms with van der Waals surface area (Å²) in [5, 5.41) is 2.64. The van der Waals surface area contributed by atoms with Gasteiger partial charge in [-0.3, -0.25) is 4.79 Å². The first-order chi connectivity index (χ1) is 9.58. The molecule has 104 valence electrons. The quantitative estimate of drug-likeness (QED) is 0.901. The van der Waals surface area contributed by atoms with Crippen LogP contribution in [0.5, 0.6) is 0 Å². The molecule has 0 radical (unpaired) electrons. The van der Waals surface area contributed by atoms with E-state index in [-0.39, 0.29) is 18.2 Å². The van der Waals surface area contributed by atoms with Crippen LogP contribution in [-0.4, -0.2) is 12.5 Å². The Bertz CT molecular complexity index is 604. The summed E-state index contributed by atoms with van der Waals surface area (Å²) in [5.41, 5.74) is 6.90. The highest BCUT2D eigenvalue weighted by Crippen LogP contribution is 2.15. The number of benzene rings is 2. The molecule has 0 aliphatic rings. The van der Waals surface area contributed by atoms with Crippen molar-refractivity contribution >= 4 is 21.8 Å². The lowest BCUT2D eigenvalue weighted by Gasteiger charge is -2.13. The van der Waals surface area contributed by atoms with Crippen LogP contribution in [0.25, 0.3) is 0 Å². The van der Waals surface area contributed by atoms with Gasteiger partial charge in [0.05, 0.1) is 5.56 Å². The highest BCUT2D eigenvalue weighted by molar-refractivity contribution is 9.10. The Balaban J connectivity index is 1.99. The number of nitrogens with two attached hydrogens (primary N) is 1. The topological polar surface area (TPSA) is 55.1 Å². The van der Waals surface area contributed by atoms with E-state index in [1.807, 2.05) is 30.3 Å². The van der Waals surface area contributed by atoms with Crippen LogP contribution in [0.1, 0.15) is 22.0 Å². The molecule has 1 atom stereocenters. The summed E-state index contributed by atoms with van der Waals surface area (Å²) < 4.78 is 14.2. The van der Waals surface area contributed by atoms with Crippen molar-refractivity contribution in [3.63, 3.8) is 0 Å². The van der Waals surface area contributed by atoms with E-state index < -0.39 is 11.7 Å². The zero-order chi connectivity index (χ0) is 14.5. The molecule has 5 heteroatoms. The van der Waals surface area contributed by atoms with E-state index in [0.29, 0.717) is 4.47 Å². The summed E-state index contributed by atoms with van der Waals surface area (Å²) in [6, 6.07) is 13.4. The number of hydrogen-bond donors (Lipinski definition) is 2. The maximum absolute atomic E-state index is 13.6. The SMILES string of the molecule is NC(CNC(=O)c1ccc(Br)cc1F)c1ccccc1. The van der Waals surface area contributed by atoms with Gasteiger partial charge in [-0.05, 0) is 23.8 Å². The van der Waals surface area contributed by atoms with Crippen molar-refractivity contribution in [3.05, 3.63) is 69.9 Å². The van der Waals surface area contributed by atoms with Crippen molar-refractivity contribution in [2.24, 2.45) is 5.73 Å². The number of carbonyl (C=O) groups is 1. The molecule has 20 heavy (non-hydrogen) atoms. The molecule has 3 N–H and O–H groups in total. The van der Waals surface area contributed by atoms with Gasteiger partial charge in [-0.2, -0.15) is 0 Å². The fourth-order valence-corrected chi connectivity index (χ4v) is 2.12. The largest absolute Gasteiger partial charge is 0.350 e. The van der Waals surface area contributed by atoms with Crippen molar-refractivity contribution in [1.82, 2.24) is 5.32 Å². The molecule has 1 amide bonds. The van der Waals surface area contributed by atoms with Gasteiger partial charge in [-0.1, -0.05) is 46.3 Å². The normalized spacial score (nSPS) is 11.9. The number of hydrogen-bond acceptors (Lipinski definition) is 2. The molecule has 0 aliphatic carbocycles. The van der Waals surface area contributed by atoms with E-state index in [1.165, 1.54) is 12.1 Å². The molecule has 2 aromatic rings. The lowest BCUT2D eigenvalue weighted by molar-refractivity contribution is 0.0947. The minimum Gasteiger partial charge on any atom is -0.350 e. The van der Waals surface area contributed by atoms with Gasteiger partial charge in [0.2, 0.25) is 0 Å². The maximum Gasteiger partial charge on any atom is 0.254 e. The second-order valence-electron chi connectivity index (χ2n) is 4.35. The van der Waals surface area contributed by atoms with Crippen LogP contribution in [0.4, 0.5) is 4.39 Å². The zero-order valence-electron chi connectivity index (χ0n) is 10.6. The van der Waals surface area contributed by atoms with Crippen LogP contribution in [0.3, 0.4) is 0 Å². The van der Waals surface area contributed by atoms with Gasteiger partial charge < -0.3 is 11.1 Å². The summed E-state index contributed by atoms with van der Waals surface area (Å²) in [7, 11) is 0. The van der Waals surface area contributed by atoms with E-state index in [1.54, 1.807) is 6.07 Å². The molecular weight excluding hydrogens is 323 g/mol. The lowest BCUT2D eigenvalue weighted by atomic mass is 10.1. The zero-order valence-corrected chi connectivity index (χ0v) is 12.2. The highest BCUT2D eigenvalue weighted by atomic mass is 79.9. The Morgan fingerprint density at radius 1 is 1.25 bits per heavy atom. The average molecular weight is 337 g/mol. The van der Waals surface area contributed by atoms with Gasteiger partial charge in [-0.25, -0.2) is 4.39 Å². The van der Waals surface area contributed by atoms with Gasteiger partial charge in [0.25, 0.3) is 5.91 Å². The molecule has 2 aromatic carbocycles. The van der Waals surface area contributed by atoms with Gasteiger partial charge in [-0.15, -0.1) is 0 Å². The monoisotopic (exact) mass is 336 g/mol. The van der Waals surface area contributed by atoms with Crippen LogP contribution in [0.2, 0.25) is 0 Å². The number of nitrogens with one attached hydrogen (secondary N) is 1. The first-order valence-corrected chi connectivity index (χ1v) is 6.91. The minimum atomic E-state index is -0.565. The fraction of sp³-hybridized carbons (Fsp3) is 0.133. The molecular formula is C15H14BrFN2O. The smallest absolute Gasteiger partial charge is 0.254 e. The molecule has 0 fully saturated rings. The molecule has 0 aromatic heterocycles. The summed E-state index contributed by atoms with van der Waals surface area (Å²) in [6.45, 7) is 0.248. The van der Waals surface area contributed by atoms with Crippen molar-refractivity contribution in [2.75, 3.05) is 6.54 Å². The molecule has 3 nitrogen and oxygen atoms in total. The highest BCUT2D eigenvalue weighted by Gasteiger charge is 2.13. The van der Waals surface area contributed by atoms with Crippen LogP contribution in [0.15, 0.2) is 53.0 Å². The first kappa shape index (κ1) is 14.7. The van der Waals surface area contributed by atoms with Gasteiger partial charge in [0, 0.05) is 17.1 Å². The summed E-state index contributed by atoms with van der Waals surface area (Å²) in [4.78, 5) is 11.9. The third kappa shape index (κ3) is 3.65. The minimum absolute atomic E-state index is 0.00783. The molecule has 0 bridgehead atoms. The van der Waals surface area contributed by atoms with E-state index in [9.17, 15) is 9.18 Å². The Labute approximate surface area is 125 Å². The molecule has 2 rings (SSSR count). The molecule has 0 heterocycles. The van der Waals surface area contributed by atoms with Gasteiger partial charge in [0.1, 0.15) is 5.82 Å². The first-order valence-electron chi connectivity index (χ1n) is 6.11. The molecule has 0 spiro atoms. The van der Waals surface area contributed by atoms with E-state index in [2.05, 4.69) is 21.2 Å². The van der Waals surface area contributed by atoms with Crippen molar-refractivity contribution in [2.45, 2.75) is 6.04 Å². The van der Waals surface area contributed by atoms with Crippen LogP contribution >= 0.6 is 15.9 Å². The lowest BCUT2D eigenvalue weighted by Crippen LogP contribution is -2.32. The third-order valence-corrected chi connectivity index (χ3v) is 3.38. The van der Waals surface area contributed by atoms with Crippen LogP contribution in [0, 0.1) is 5.82 Å². The Morgan fingerprint density at radius 3 is 2.60 bits per heavy atom. The van der Waals surface area contributed by atoms with E-state index in [0.717, 1.165) is 5.56 Å². The number of carbonyl (C=O) groups excluding carboxylic acids is 1. The van der Waals surface area contributed by atoms with E-state index >= 15 is 0 Å². The standard InChI is InChI=1S/C15H14BrFN2O/c16-11-6-7-12(13(17)8-11)15(20)19-9-14(18)10-4-2-1-3-5-10/h1-8,14H,9,18H2,(H,19,20). The van der Waals surface area contributed by atoms with Crippen LogP contribution < -0.4 is 11.1 Å². The van der Waals surface area contributed by atoms with Crippen molar-refractivity contribution in [1.29, 1.82) is 0 Å². The Kier molecular flexibility index (Phi) is 4.87. The number of rotatable bonds is 4.